The highest BCUT2D eigenvalue weighted by molar-refractivity contribution is 7.09. The van der Waals surface area contributed by atoms with Gasteiger partial charge in [-0.25, -0.2) is 4.98 Å². The van der Waals surface area contributed by atoms with Gasteiger partial charge in [0.25, 0.3) is 0 Å². The van der Waals surface area contributed by atoms with E-state index in [9.17, 15) is 4.79 Å². The van der Waals surface area contributed by atoms with Crippen molar-refractivity contribution < 1.29 is 4.79 Å². The minimum atomic E-state index is 0.176. The van der Waals surface area contributed by atoms with Crippen molar-refractivity contribution in [1.29, 1.82) is 0 Å². The summed E-state index contributed by atoms with van der Waals surface area (Å²) in [4.78, 5) is 18.8. The minimum Gasteiger partial charge on any atom is -0.338 e. The van der Waals surface area contributed by atoms with E-state index < -0.39 is 0 Å². The normalized spacial score (nSPS) is 23.6. The van der Waals surface area contributed by atoms with E-state index in [2.05, 4.69) is 18.8 Å². The van der Waals surface area contributed by atoms with Crippen LogP contribution in [0.4, 0.5) is 0 Å². The van der Waals surface area contributed by atoms with E-state index in [1.54, 1.807) is 11.3 Å². The molecule has 0 radical (unpaired) electrons. The lowest BCUT2D eigenvalue weighted by atomic mass is 9.92. The van der Waals surface area contributed by atoms with Gasteiger partial charge in [-0.1, -0.05) is 13.8 Å². The molecule has 19 heavy (non-hydrogen) atoms. The van der Waals surface area contributed by atoms with Crippen LogP contribution in [0.1, 0.15) is 37.4 Å². The van der Waals surface area contributed by atoms with Gasteiger partial charge in [0.15, 0.2) is 0 Å². The van der Waals surface area contributed by atoms with Gasteiger partial charge in [0.1, 0.15) is 0 Å². The smallest absolute Gasteiger partial charge is 0.228 e. The third kappa shape index (κ3) is 3.54. The predicted molar refractivity (Wildman–Crippen MR) is 78.1 cm³/mol. The molecule has 0 bridgehead atoms. The molecule has 1 aromatic rings. The van der Waals surface area contributed by atoms with Crippen molar-refractivity contribution in [1.82, 2.24) is 9.88 Å². The van der Waals surface area contributed by atoms with Gasteiger partial charge in [0.05, 0.1) is 17.1 Å². The zero-order valence-corrected chi connectivity index (χ0v) is 12.6. The SMILES string of the molecule is CCc1nc(CC(=O)N2CCC(C)CC2CN)cs1. The third-order valence-corrected chi connectivity index (χ3v) is 4.85. The first-order valence-electron chi connectivity index (χ1n) is 7.06. The summed E-state index contributed by atoms with van der Waals surface area (Å²) in [5.74, 6) is 0.846. The maximum Gasteiger partial charge on any atom is 0.228 e. The molecule has 5 heteroatoms. The molecule has 0 saturated carbocycles. The van der Waals surface area contributed by atoms with E-state index in [1.165, 1.54) is 0 Å². The van der Waals surface area contributed by atoms with Crippen LogP contribution in [0.25, 0.3) is 0 Å². The second-order valence-corrected chi connectivity index (χ2v) is 6.31. The molecule has 2 unspecified atom stereocenters. The summed E-state index contributed by atoms with van der Waals surface area (Å²) in [5, 5.41) is 3.10. The first-order chi connectivity index (χ1) is 9.13. The van der Waals surface area contributed by atoms with Crippen molar-refractivity contribution >= 4 is 17.2 Å². The maximum absolute atomic E-state index is 12.4. The highest BCUT2D eigenvalue weighted by Crippen LogP contribution is 2.23. The average molecular weight is 281 g/mol. The van der Waals surface area contributed by atoms with Crippen molar-refractivity contribution in [3.63, 3.8) is 0 Å². The molecule has 1 saturated heterocycles. The van der Waals surface area contributed by atoms with Gasteiger partial charge < -0.3 is 10.6 Å². The van der Waals surface area contributed by atoms with Crippen LogP contribution in [0, 0.1) is 5.92 Å². The summed E-state index contributed by atoms with van der Waals surface area (Å²) >= 11 is 1.64. The molecule has 106 valence electrons. The Balaban J connectivity index is 1.98. The van der Waals surface area contributed by atoms with Crippen LogP contribution in [-0.4, -0.2) is 34.9 Å². The van der Waals surface area contributed by atoms with Gasteiger partial charge >= 0.3 is 0 Å². The number of likely N-dealkylation sites (tertiary alicyclic amines) is 1. The number of aryl methyl sites for hydroxylation is 1. The fourth-order valence-corrected chi connectivity index (χ4v) is 3.40. The molecule has 2 rings (SSSR count). The van der Waals surface area contributed by atoms with Crippen LogP contribution in [0.15, 0.2) is 5.38 Å². The lowest BCUT2D eigenvalue weighted by Crippen LogP contribution is -2.49. The Labute approximate surface area is 119 Å². The van der Waals surface area contributed by atoms with Gasteiger partial charge in [0.2, 0.25) is 5.91 Å². The molecule has 2 N–H and O–H groups in total. The summed E-state index contributed by atoms with van der Waals surface area (Å²) in [6.07, 6.45) is 3.46. The molecular weight excluding hydrogens is 258 g/mol. The Hall–Kier alpha value is -0.940. The average Bonchev–Trinajstić information content (AvgIpc) is 2.86. The van der Waals surface area contributed by atoms with Crippen LogP contribution in [-0.2, 0) is 17.6 Å². The van der Waals surface area contributed by atoms with Crippen LogP contribution < -0.4 is 5.73 Å². The predicted octanol–water partition coefficient (Wildman–Crippen LogP) is 1.83. The lowest BCUT2D eigenvalue weighted by Gasteiger charge is -2.38. The van der Waals surface area contributed by atoms with E-state index in [1.807, 2.05) is 10.3 Å². The van der Waals surface area contributed by atoms with E-state index >= 15 is 0 Å². The van der Waals surface area contributed by atoms with Crippen molar-refractivity contribution in [2.45, 2.75) is 45.6 Å². The molecule has 1 aromatic heterocycles. The molecule has 1 aliphatic rings. The molecule has 0 aliphatic carbocycles. The molecule has 2 heterocycles. The van der Waals surface area contributed by atoms with Crippen molar-refractivity contribution in [2.75, 3.05) is 13.1 Å². The standard InChI is InChI=1S/C14H23N3OS/c1-3-13-16-11(9-19-13)7-14(18)17-5-4-10(2)6-12(17)8-15/h9-10,12H,3-8,15H2,1-2H3. The number of carbonyl (C=O) groups is 1. The summed E-state index contributed by atoms with van der Waals surface area (Å²) in [6.45, 7) is 5.72. The fraction of sp³-hybridized carbons (Fsp3) is 0.714. The zero-order chi connectivity index (χ0) is 13.8. The largest absolute Gasteiger partial charge is 0.338 e. The first-order valence-corrected chi connectivity index (χ1v) is 7.94. The number of rotatable bonds is 4. The fourth-order valence-electron chi connectivity index (χ4n) is 2.65. The Morgan fingerprint density at radius 1 is 1.63 bits per heavy atom. The van der Waals surface area contributed by atoms with Gasteiger partial charge in [-0.05, 0) is 25.2 Å². The zero-order valence-electron chi connectivity index (χ0n) is 11.8. The number of piperidine rings is 1. The van der Waals surface area contributed by atoms with Crippen LogP contribution >= 0.6 is 11.3 Å². The Bertz CT molecular complexity index is 432. The van der Waals surface area contributed by atoms with Crippen LogP contribution in [0.2, 0.25) is 0 Å². The molecule has 1 amide bonds. The highest BCUT2D eigenvalue weighted by atomic mass is 32.1. The topological polar surface area (TPSA) is 59.2 Å². The van der Waals surface area contributed by atoms with Gasteiger partial charge in [0, 0.05) is 24.5 Å². The number of hydrogen-bond donors (Lipinski definition) is 1. The van der Waals surface area contributed by atoms with E-state index in [0.717, 1.165) is 36.5 Å². The number of nitrogens with two attached hydrogens (primary N) is 1. The summed E-state index contributed by atoms with van der Waals surface area (Å²) < 4.78 is 0. The quantitative estimate of drug-likeness (QED) is 0.916. The van der Waals surface area contributed by atoms with Gasteiger partial charge in [-0.2, -0.15) is 0 Å². The van der Waals surface area contributed by atoms with Crippen molar-refractivity contribution in [3.05, 3.63) is 16.1 Å². The Morgan fingerprint density at radius 2 is 2.42 bits per heavy atom. The second kappa shape index (κ2) is 6.48. The number of thiazole rings is 1. The molecule has 2 atom stereocenters. The summed E-state index contributed by atoms with van der Waals surface area (Å²) in [7, 11) is 0. The van der Waals surface area contributed by atoms with E-state index in [0.29, 0.717) is 18.9 Å². The molecule has 0 aromatic carbocycles. The van der Waals surface area contributed by atoms with Crippen molar-refractivity contribution in [3.8, 4) is 0 Å². The molecular formula is C14H23N3OS. The Morgan fingerprint density at radius 3 is 3.05 bits per heavy atom. The maximum atomic E-state index is 12.4. The highest BCUT2D eigenvalue weighted by Gasteiger charge is 2.29. The van der Waals surface area contributed by atoms with E-state index in [-0.39, 0.29) is 11.9 Å². The molecule has 1 fully saturated rings. The third-order valence-electron chi connectivity index (χ3n) is 3.80. The minimum absolute atomic E-state index is 0.176. The van der Waals surface area contributed by atoms with Gasteiger partial charge in [-0.15, -0.1) is 11.3 Å². The summed E-state index contributed by atoms with van der Waals surface area (Å²) in [6, 6.07) is 0.209. The van der Waals surface area contributed by atoms with Crippen molar-refractivity contribution in [2.24, 2.45) is 11.7 Å². The number of nitrogens with zero attached hydrogens (tertiary/aromatic N) is 2. The second-order valence-electron chi connectivity index (χ2n) is 5.37. The molecule has 1 aliphatic heterocycles. The van der Waals surface area contributed by atoms with Gasteiger partial charge in [-0.3, -0.25) is 4.79 Å². The Kier molecular flexibility index (Phi) is 4.93. The molecule has 0 spiro atoms. The number of aromatic nitrogens is 1. The summed E-state index contributed by atoms with van der Waals surface area (Å²) in [5.41, 5.74) is 6.71. The first kappa shape index (κ1) is 14.5. The monoisotopic (exact) mass is 281 g/mol. The van der Waals surface area contributed by atoms with Crippen LogP contribution in [0.5, 0.6) is 0 Å². The number of carbonyl (C=O) groups excluding carboxylic acids is 1. The van der Waals surface area contributed by atoms with Crippen LogP contribution in [0.3, 0.4) is 0 Å². The molecule has 4 nitrogen and oxygen atoms in total. The number of amides is 1. The van der Waals surface area contributed by atoms with E-state index in [4.69, 9.17) is 5.73 Å². The lowest BCUT2D eigenvalue weighted by molar-refractivity contribution is -0.134. The number of hydrogen-bond acceptors (Lipinski definition) is 4.